The first kappa shape index (κ1) is 34.4. The number of nitrogens with two attached hydrogens (primary N) is 1. The Morgan fingerprint density at radius 2 is 1.98 bits per heavy atom. The number of thioether (sulfide) groups is 1. The third kappa shape index (κ3) is 6.98. The van der Waals surface area contributed by atoms with Crippen LogP contribution >= 0.6 is 34.7 Å². The van der Waals surface area contributed by atoms with Gasteiger partial charge in [0.2, 0.25) is 12.5 Å². The number of anilines is 2. The summed E-state index contributed by atoms with van der Waals surface area (Å²) < 4.78 is 1.66. The predicted octanol–water partition coefficient (Wildman–Crippen LogP) is -0.0484. The number of hydrogen-bond donors (Lipinski definition) is 5. The number of aromatic nitrogens is 2. The number of thiazole rings is 1. The van der Waals surface area contributed by atoms with Crippen LogP contribution in [0, 0.1) is 0 Å². The van der Waals surface area contributed by atoms with E-state index in [0.29, 0.717) is 24.2 Å². The first-order valence-corrected chi connectivity index (χ1v) is 17.1. The van der Waals surface area contributed by atoms with Crippen molar-refractivity contribution in [2.24, 2.45) is 5.16 Å². The van der Waals surface area contributed by atoms with Gasteiger partial charge < -0.3 is 41.5 Å². The number of carboxylic acids is 1. The fraction of sp³-hybridized carbons (Fsp3) is 0.226. The highest BCUT2D eigenvalue weighted by Crippen LogP contribution is 2.41. The van der Waals surface area contributed by atoms with E-state index in [9.17, 15) is 39.4 Å². The molecule has 0 bridgehead atoms. The van der Waals surface area contributed by atoms with Gasteiger partial charge in [0.25, 0.3) is 17.7 Å². The average Bonchev–Trinajstić information content (AvgIpc) is 3.66. The summed E-state index contributed by atoms with van der Waals surface area (Å²) in [6, 6.07) is 6.79. The number of aliphatic carboxylic acids is 1. The van der Waals surface area contributed by atoms with Gasteiger partial charge in [-0.05, 0) is 41.8 Å². The van der Waals surface area contributed by atoms with Crippen LogP contribution in [-0.2, 0) is 37.1 Å². The Hall–Kier alpha value is -5.46. The molecule has 50 heavy (non-hydrogen) atoms. The Bertz CT molecular complexity index is 2010. The number of nitrogens with zero attached hydrogens (tertiary/aromatic N) is 5. The predicted molar refractivity (Wildman–Crippen MR) is 178 cm³/mol. The molecule has 258 valence electrons. The molecule has 2 atom stereocenters. The summed E-state index contributed by atoms with van der Waals surface area (Å²) in [4.78, 5) is 70.4. The normalized spacial score (nSPS) is 19.8. The maximum Gasteiger partial charge on any atom is 0.290 e. The summed E-state index contributed by atoms with van der Waals surface area (Å²) >= 11 is 8.12. The van der Waals surface area contributed by atoms with Gasteiger partial charge in [-0.1, -0.05) is 16.8 Å². The van der Waals surface area contributed by atoms with Gasteiger partial charge in [0.15, 0.2) is 23.2 Å². The lowest BCUT2D eigenvalue weighted by molar-refractivity contribution is -0.684. The van der Waals surface area contributed by atoms with Gasteiger partial charge in [-0.3, -0.25) is 24.1 Å². The van der Waals surface area contributed by atoms with E-state index in [0.717, 1.165) is 21.8 Å². The van der Waals surface area contributed by atoms with Crippen LogP contribution < -0.4 is 26.0 Å². The largest absolute Gasteiger partial charge is 0.543 e. The van der Waals surface area contributed by atoms with Crippen LogP contribution in [0.4, 0.5) is 10.8 Å². The molecule has 2 saturated heterocycles. The monoisotopic (exact) mass is 738 g/mol. The van der Waals surface area contributed by atoms with Crippen molar-refractivity contribution >= 4 is 80.8 Å². The van der Waals surface area contributed by atoms with Crippen molar-refractivity contribution in [1.82, 2.24) is 20.1 Å². The van der Waals surface area contributed by atoms with E-state index in [4.69, 9.17) is 17.3 Å². The SMILES string of the molecule is Nc1nc(/C(=N/O)C(=O)N[C@@H]2C(=O)N3C(C(=O)[O-])=C(C=C4CCN(Cc5cc[n+](CC(=O)Nc6ccc(O)c(Cl)c6)cc5)C4=O)CS[C@H]23)cs1. The third-order valence-corrected chi connectivity index (χ3v) is 10.3. The Kier molecular flexibility index (Phi) is 9.76. The number of carbonyl (C=O) groups excluding carboxylic acids is 5. The number of pyridine rings is 1. The molecule has 19 heteroatoms. The fourth-order valence-corrected chi connectivity index (χ4v) is 7.63. The lowest BCUT2D eigenvalue weighted by Crippen LogP contribution is -2.71. The number of β-lactam (4-membered cyclic amide) rings is 1. The van der Waals surface area contributed by atoms with Crippen molar-refractivity contribution < 1.29 is 44.0 Å². The molecule has 0 spiro atoms. The number of phenolic OH excluding ortho intramolecular Hbond substituents is 1. The van der Waals surface area contributed by atoms with E-state index in [1.165, 1.54) is 41.4 Å². The van der Waals surface area contributed by atoms with Crippen LogP contribution in [-0.4, -0.2) is 84.1 Å². The van der Waals surface area contributed by atoms with E-state index in [1.54, 1.807) is 34.0 Å². The minimum Gasteiger partial charge on any atom is -0.543 e. The maximum absolute atomic E-state index is 13.3. The van der Waals surface area contributed by atoms with Gasteiger partial charge in [0, 0.05) is 47.6 Å². The molecular formula is C31H27ClN8O8S2. The maximum atomic E-state index is 13.3. The summed E-state index contributed by atoms with van der Waals surface area (Å²) in [5, 5.41) is 40.2. The Morgan fingerprint density at radius 1 is 1.22 bits per heavy atom. The minimum absolute atomic E-state index is 0.00971. The molecule has 0 aliphatic carbocycles. The summed E-state index contributed by atoms with van der Waals surface area (Å²) in [5.41, 5.74) is 6.62. The second-order valence-corrected chi connectivity index (χ2v) is 13.7. The molecule has 3 aliphatic rings. The van der Waals surface area contributed by atoms with E-state index in [-0.39, 0.29) is 63.5 Å². The quantitative estimate of drug-likeness (QED) is 0.0352. The van der Waals surface area contributed by atoms with Crippen LogP contribution in [0.25, 0.3) is 0 Å². The number of halogens is 1. The standard InChI is InChI=1S/C31H27ClN8O8S2/c32-19-10-18(1-2-21(19)41)34-22(42)12-38-6-3-15(4-7-38)11-39-8-5-16(27(39)44)9-17-13-49-29-24(28(45)40(29)25(17)30(46)47)36-26(43)23(37-48)20-14-50-31(33)35-20/h1-4,6-7,9-10,14,24,29H,5,8,11-13H2,(H6-,33,34,35,36,37,41,42,43,46,47,48)/t24-,29-/m1/s1. The van der Waals surface area contributed by atoms with Gasteiger partial charge in [-0.25, -0.2) is 4.98 Å². The van der Waals surface area contributed by atoms with Crippen molar-refractivity contribution in [3.05, 3.63) is 87.3 Å². The van der Waals surface area contributed by atoms with Crippen LogP contribution in [0.2, 0.25) is 5.02 Å². The zero-order valence-corrected chi connectivity index (χ0v) is 28.1. The van der Waals surface area contributed by atoms with Gasteiger partial charge in [-0.15, -0.1) is 23.1 Å². The topological polar surface area (TPSA) is 235 Å². The van der Waals surface area contributed by atoms with Crippen LogP contribution in [0.1, 0.15) is 17.7 Å². The number of phenols is 1. The number of carboxylic acid groups (broad SMARTS) is 1. The average molecular weight is 739 g/mol. The highest BCUT2D eigenvalue weighted by Gasteiger charge is 2.53. The number of fused-ring (bicyclic) bond motifs is 1. The molecule has 0 saturated carbocycles. The molecule has 5 heterocycles. The van der Waals surface area contributed by atoms with E-state index < -0.39 is 34.9 Å². The second-order valence-electron chi connectivity index (χ2n) is 11.3. The Balaban J connectivity index is 1.07. The number of nitrogens with one attached hydrogen (secondary N) is 2. The molecule has 6 rings (SSSR count). The molecule has 0 unspecified atom stereocenters. The first-order valence-electron chi connectivity index (χ1n) is 14.8. The number of oxime groups is 1. The van der Waals surface area contributed by atoms with Crippen molar-refractivity contribution in [3.63, 3.8) is 0 Å². The fourth-order valence-electron chi connectivity index (χ4n) is 5.59. The molecular weight excluding hydrogens is 712 g/mol. The molecule has 3 aliphatic heterocycles. The lowest BCUT2D eigenvalue weighted by atomic mass is 10.0. The van der Waals surface area contributed by atoms with Gasteiger partial charge in [-0.2, -0.15) is 4.57 Å². The summed E-state index contributed by atoms with van der Waals surface area (Å²) in [6.07, 6.45) is 5.24. The second kappa shape index (κ2) is 14.2. The molecule has 2 fully saturated rings. The number of carbonyl (C=O) groups is 5. The Labute approximate surface area is 296 Å². The van der Waals surface area contributed by atoms with Crippen molar-refractivity contribution in [2.75, 3.05) is 23.3 Å². The molecule has 6 N–H and O–H groups in total. The number of benzene rings is 1. The number of rotatable bonds is 10. The van der Waals surface area contributed by atoms with Gasteiger partial charge >= 0.3 is 0 Å². The van der Waals surface area contributed by atoms with Crippen LogP contribution in [0.3, 0.4) is 0 Å². The van der Waals surface area contributed by atoms with Crippen LogP contribution in [0.5, 0.6) is 5.75 Å². The summed E-state index contributed by atoms with van der Waals surface area (Å²) in [6.45, 7) is 0.670. The van der Waals surface area contributed by atoms with Crippen molar-refractivity contribution in [2.45, 2.75) is 30.9 Å². The number of aromatic hydroxyl groups is 1. The number of amides is 4. The van der Waals surface area contributed by atoms with E-state index >= 15 is 0 Å². The van der Waals surface area contributed by atoms with E-state index in [1.807, 2.05) is 0 Å². The number of hydrogen-bond acceptors (Lipinski definition) is 13. The number of nitrogen functional groups attached to an aromatic ring is 1. The zero-order valence-electron chi connectivity index (χ0n) is 25.7. The van der Waals surface area contributed by atoms with Crippen molar-refractivity contribution in [1.29, 1.82) is 0 Å². The molecule has 2 aromatic heterocycles. The zero-order chi connectivity index (χ0) is 35.7. The highest BCUT2D eigenvalue weighted by molar-refractivity contribution is 8.00. The lowest BCUT2D eigenvalue weighted by Gasteiger charge is -2.50. The van der Waals surface area contributed by atoms with Gasteiger partial charge in [0.1, 0.15) is 22.9 Å². The molecule has 0 radical (unpaired) electrons. The molecule has 1 aromatic carbocycles. The smallest absolute Gasteiger partial charge is 0.290 e. The molecule has 4 amide bonds. The van der Waals surface area contributed by atoms with E-state index in [2.05, 4.69) is 20.8 Å². The molecule has 16 nitrogen and oxygen atoms in total. The van der Waals surface area contributed by atoms with Gasteiger partial charge in [0.05, 0.1) is 16.7 Å². The first-order chi connectivity index (χ1) is 23.9. The highest BCUT2D eigenvalue weighted by atomic mass is 35.5. The molecule has 3 aromatic rings. The summed E-state index contributed by atoms with van der Waals surface area (Å²) in [7, 11) is 0. The number of likely N-dealkylation sites (tertiary alicyclic amines) is 1. The van der Waals surface area contributed by atoms with Crippen molar-refractivity contribution in [3.8, 4) is 5.75 Å². The summed E-state index contributed by atoms with van der Waals surface area (Å²) in [5.74, 6) is -3.77. The number of allylic oxidation sites excluding steroid dienone is 1. The minimum atomic E-state index is -1.60. The van der Waals surface area contributed by atoms with Crippen LogP contribution in [0.15, 0.2) is 76.2 Å². The third-order valence-electron chi connectivity index (χ3n) is 8.01. The Morgan fingerprint density at radius 3 is 2.64 bits per heavy atom.